The largest absolute Gasteiger partial charge is 0.383 e. The lowest BCUT2D eigenvalue weighted by atomic mass is 10.1. The fourth-order valence-corrected chi connectivity index (χ4v) is 3.75. The molecule has 0 amide bonds. The molecule has 1 unspecified atom stereocenters. The lowest BCUT2D eigenvalue weighted by Crippen LogP contribution is -2.52. The molecule has 0 aliphatic carbocycles. The van der Waals surface area contributed by atoms with Gasteiger partial charge in [0.05, 0.1) is 13.2 Å². The van der Waals surface area contributed by atoms with E-state index in [1.807, 2.05) is 0 Å². The smallest absolute Gasteiger partial charge is 0.282 e. The monoisotopic (exact) mass is 331 g/mol. The molecule has 0 radical (unpaired) electrons. The summed E-state index contributed by atoms with van der Waals surface area (Å²) in [7, 11) is -0.368. The van der Waals surface area contributed by atoms with Crippen LogP contribution in [0.15, 0.2) is 0 Å². The third-order valence-corrected chi connectivity index (χ3v) is 5.16. The first-order chi connectivity index (χ1) is 9.02. The minimum absolute atomic E-state index is 0. The molecule has 1 atom stereocenters. The number of methoxy groups -OCH3 is 2. The lowest BCUT2D eigenvalue weighted by Gasteiger charge is -2.34. The van der Waals surface area contributed by atoms with Crippen molar-refractivity contribution in [3.8, 4) is 0 Å². The minimum atomic E-state index is -3.47. The maximum Gasteiger partial charge on any atom is 0.282 e. The molecule has 0 spiro atoms. The van der Waals surface area contributed by atoms with Crippen molar-refractivity contribution in [1.29, 1.82) is 0 Å². The molecule has 122 valence electrons. The highest BCUT2D eigenvalue weighted by atomic mass is 35.5. The van der Waals surface area contributed by atoms with Gasteiger partial charge in [0, 0.05) is 46.4 Å². The van der Waals surface area contributed by atoms with Crippen molar-refractivity contribution in [2.24, 2.45) is 5.73 Å². The first-order valence-electron chi connectivity index (χ1n) is 6.51. The van der Waals surface area contributed by atoms with E-state index < -0.39 is 10.2 Å². The van der Waals surface area contributed by atoms with Crippen LogP contribution in [0.1, 0.15) is 12.8 Å². The van der Waals surface area contributed by atoms with E-state index >= 15 is 0 Å². The van der Waals surface area contributed by atoms with Gasteiger partial charge in [0.15, 0.2) is 0 Å². The van der Waals surface area contributed by atoms with E-state index in [1.165, 1.54) is 8.61 Å². The van der Waals surface area contributed by atoms with Crippen molar-refractivity contribution in [3.05, 3.63) is 0 Å². The standard InChI is InChI=1S/C11H25N3O4S.ClH/c1-17-8-6-13(7-9-18-2)19(15,16)14-5-3-4-11(12)10-14;/h11H,3-10,12H2,1-2H3;1H. The fraction of sp³-hybridized carbons (Fsp3) is 1.00. The van der Waals surface area contributed by atoms with Gasteiger partial charge in [-0.3, -0.25) is 0 Å². The summed E-state index contributed by atoms with van der Waals surface area (Å²) in [6.07, 6.45) is 1.69. The van der Waals surface area contributed by atoms with Gasteiger partial charge < -0.3 is 15.2 Å². The summed E-state index contributed by atoms with van der Waals surface area (Å²) in [4.78, 5) is 0. The Bertz CT molecular complexity index is 348. The molecule has 0 bridgehead atoms. The van der Waals surface area contributed by atoms with E-state index in [1.54, 1.807) is 14.2 Å². The zero-order valence-corrected chi connectivity index (χ0v) is 13.8. The van der Waals surface area contributed by atoms with Crippen LogP contribution in [-0.4, -0.2) is 76.7 Å². The summed E-state index contributed by atoms with van der Waals surface area (Å²) in [5, 5.41) is 0. The van der Waals surface area contributed by atoms with E-state index in [-0.39, 0.29) is 18.4 Å². The molecule has 0 aromatic heterocycles. The first kappa shape index (κ1) is 20.0. The molecule has 1 fully saturated rings. The summed E-state index contributed by atoms with van der Waals surface area (Å²) in [5.41, 5.74) is 5.85. The Morgan fingerprint density at radius 2 is 1.80 bits per heavy atom. The molecule has 1 rings (SSSR count). The van der Waals surface area contributed by atoms with Crippen molar-refractivity contribution in [2.75, 3.05) is 53.6 Å². The number of halogens is 1. The Labute approximate surface area is 128 Å². The number of nitrogens with zero attached hydrogens (tertiary/aromatic N) is 2. The lowest BCUT2D eigenvalue weighted by molar-refractivity contribution is 0.145. The fourth-order valence-electron chi connectivity index (χ4n) is 2.08. The van der Waals surface area contributed by atoms with Crippen LogP contribution in [0.2, 0.25) is 0 Å². The van der Waals surface area contributed by atoms with E-state index in [9.17, 15) is 8.42 Å². The summed E-state index contributed by atoms with van der Waals surface area (Å²) in [6, 6.07) is -0.0739. The molecule has 0 aromatic carbocycles. The quantitative estimate of drug-likeness (QED) is 0.658. The second kappa shape index (κ2) is 9.88. The first-order valence-corrected chi connectivity index (χ1v) is 7.90. The molecule has 7 nitrogen and oxygen atoms in total. The number of hydrogen-bond acceptors (Lipinski definition) is 5. The topological polar surface area (TPSA) is 85.1 Å². The Morgan fingerprint density at radius 3 is 2.25 bits per heavy atom. The van der Waals surface area contributed by atoms with Gasteiger partial charge in [0.25, 0.3) is 10.2 Å². The highest BCUT2D eigenvalue weighted by Gasteiger charge is 2.32. The summed E-state index contributed by atoms with van der Waals surface area (Å²) < 4.78 is 37.9. The SMILES string of the molecule is COCCN(CCOC)S(=O)(=O)N1CCCC(N)C1.Cl. The Balaban J connectivity index is 0.00000361. The van der Waals surface area contributed by atoms with Gasteiger partial charge in [-0.1, -0.05) is 0 Å². The van der Waals surface area contributed by atoms with Crippen LogP contribution >= 0.6 is 12.4 Å². The van der Waals surface area contributed by atoms with E-state index in [0.717, 1.165) is 12.8 Å². The van der Waals surface area contributed by atoms with Gasteiger partial charge in [0.2, 0.25) is 0 Å². The molecule has 0 saturated carbocycles. The third-order valence-electron chi connectivity index (χ3n) is 3.16. The third kappa shape index (κ3) is 5.80. The summed E-state index contributed by atoms with van der Waals surface area (Å²) >= 11 is 0. The zero-order chi connectivity index (χ0) is 14.3. The van der Waals surface area contributed by atoms with Crippen LogP contribution in [0.4, 0.5) is 0 Å². The van der Waals surface area contributed by atoms with Gasteiger partial charge in [-0.2, -0.15) is 17.0 Å². The number of rotatable bonds is 8. The van der Waals surface area contributed by atoms with Crippen LogP contribution in [0.5, 0.6) is 0 Å². The van der Waals surface area contributed by atoms with Gasteiger partial charge in [-0.15, -0.1) is 12.4 Å². The molecule has 1 aliphatic heterocycles. The second-order valence-electron chi connectivity index (χ2n) is 4.65. The van der Waals surface area contributed by atoms with Crippen LogP contribution in [-0.2, 0) is 19.7 Å². The average Bonchev–Trinajstić information content (AvgIpc) is 2.38. The van der Waals surface area contributed by atoms with Gasteiger partial charge in [0.1, 0.15) is 0 Å². The predicted octanol–water partition coefficient (Wildman–Crippen LogP) is -0.329. The van der Waals surface area contributed by atoms with E-state index in [0.29, 0.717) is 39.4 Å². The number of hydrogen-bond donors (Lipinski definition) is 1. The minimum Gasteiger partial charge on any atom is -0.383 e. The highest BCUT2D eigenvalue weighted by molar-refractivity contribution is 7.86. The van der Waals surface area contributed by atoms with Crippen molar-refractivity contribution in [2.45, 2.75) is 18.9 Å². The molecule has 20 heavy (non-hydrogen) atoms. The molecular weight excluding hydrogens is 306 g/mol. The van der Waals surface area contributed by atoms with Crippen molar-refractivity contribution < 1.29 is 17.9 Å². The molecule has 1 saturated heterocycles. The summed E-state index contributed by atoms with van der Waals surface area (Å²) in [6.45, 7) is 2.30. The van der Waals surface area contributed by atoms with Crippen LogP contribution < -0.4 is 5.73 Å². The molecule has 0 aromatic rings. The molecule has 1 heterocycles. The maximum atomic E-state index is 12.5. The van der Waals surface area contributed by atoms with Gasteiger partial charge in [-0.05, 0) is 12.8 Å². The number of piperidine rings is 1. The Hall–Kier alpha value is 0.0400. The molecular formula is C11H26ClN3O4S. The van der Waals surface area contributed by atoms with Gasteiger partial charge >= 0.3 is 0 Å². The maximum absolute atomic E-state index is 12.5. The second-order valence-corrected chi connectivity index (χ2v) is 6.58. The highest BCUT2D eigenvalue weighted by Crippen LogP contribution is 2.15. The average molecular weight is 332 g/mol. The number of nitrogens with two attached hydrogens (primary N) is 1. The summed E-state index contributed by atoms with van der Waals surface area (Å²) in [5.74, 6) is 0. The normalized spacial score (nSPS) is 20.9. The Morgan fingerprint density at radius 1 is 1.25 bits per heavy atom. The zero-order valence-electron chi connectivity index (χ0n) is 12.2. The Kier molecular flexibility index (Phi) is 9.90. The van der Waals surface area contributed by atoms with Gasteiger partial charge in [-0.25, -0.2) is 0 Å². The van der Waals surface area contributed by atoms with Crippen LogP contribution in [0.25, 0.3) is 0 Å². The van der Waals surface area contributed by atoms with Crippen LogP contribution in [0, 0.1) is 0 Å². The van der Waals surface area contributed by atoms with E-state index in [2.05, 4.69) is 0 Å². The molecule has 2 N–H and O–H groups in total. The molecule has 9 heteroatoms. The van der Waals surface area contributed by atoms with Crippen molar-refractivity contribution in [1.82, 2.24) is 8.61 Å². The van der Waals surface area contributed by atoms with Crippen LogP contribution in [0.3, 0.4) is 0 Å². The van der Waals surface area contributed by atoms with Crippen molar-refractivity contribution >= 4 is 22.6 Å². The molecule has 1 aliphatic rings. The predicted molar refractivity (Wildman–Crippen MR) is 80.3 cm³/mol. The van der Waals surface area contributed by atoms with Crippen molar-refractivity contribution in [3.63, 3.8) is 0 Å². The van der Waals surface area contributed by atoms with E-state index in [4.69, 9.17) is 15.2 Å². The number of ether oxygens (including phenoxy) is 2.